The molecule has 4 aliphatic heterocycles. The first-order chi connectivity index (χ1) is 15.2. The average molecular weight is 447 g/mol. The van der Waals surface area contributed by atoms with E-state index in [1.165, 1.54) is 6.92 Å². The van der Waals surface area contributed by atoms with Crippen LogP contribution in [0.2, 0.25) is 0 Å². The van der Waals surface area contributed by atoms with Gasteiger partial charge in [0.1, 0.15) is 5.75 Å². The molecule has 4 saturated heterocycles. The second-order valence-corrected chi connectivity index (χ2v) is 10.2. The molecular formula is C25H34O7. The molecule has 6 rings (SSSR count). The van der Waals surface area contributed by atoms with Gasteiger partial charge in [0.25, 0.3) is 0 Å². The van der Waals surface area contributed by atoms with Gasteiger partial charge < -0.3 is 18.9 Å². The molecule has 7 nitrogen and oxygen atoms in total. The summed E-state index contributed by atoms with van der Waals surface area (Å²) in [6.45, 7) is 9.83. The molecule has 32 heavy (non-hydrogen) atoms. The number of fused-ring (bicyclic) bond motifs is 2. The summed E-state index contributed by atoms with van der Waals surface area (Å²) < 4.78 is 24.5. The number of carbonyl (C=O) groups is 1. The Morgan fingerprint density at radius 1 is 1.09 bits per heavy atom. The van der Waals surface area contributed by atoms with Crippen LogP contribution < -0.4 is 4.74 Å². The number of rotatable bonds is 4. The van der Waals surface area contributed by atoms with Crippen LogP contribution in [0.25, 0.3) is 0 Å². The van der Waals surface area contributed by atoms with E-state index in [1.807, 2.05) is 26.0 Å². The molecule has 0 unspecified atom stereocenters. The van der Waals surface area contributed by atoms with Gasteiger partial charge in [-0.25, -0.2) is 9.78 Å². The van der Waals surface area contributed by atoms with Gasteiger partial charge in [-0.05, 0) is 62.6 Å². The summed E-state index contributed by atoms with van der Waals surface area (Å²) in [6, 6.07) is 7.39. The van der Waals surface area contributed by atoms with Gasteiger partial charge in [0, 0.05) is 25.2 Å². The van der Waals surface area contributed by atoms with Crippen molar-refractivity contribution in [2.75, 3.05) is 0 Å². The maximum absolute atomic E-state index is 11.2. The van der Waals surface area contributed by atoms with Crippen molar-refractivity contribution in [1.29, 1.82) is 0 Å². The lowest BCUT2D eigenvalue weighted by Crippen LogP contribution is -2.70. The Morgan fingerprint density at radius 2 is 1.84 bits per heavy atom. The highest BCUT2D eigenvalue weighted by Crippen LogP contribution is 2.60. The minimum Gasteiger partial charge on any atom is -0.427 e. The standard InChI is InChI=1S/C25H34O7/c1-14-6-11-21-15(2)22(27-16(3)18-7-9-19(10-8-18)28-17(4)26)29-23-25(21)20(14)12-13-24(5,30-23)31-32-25/h7-10,14-16,20-23H,6,11-13H2,1-5H3/t14-,15-,16+,20+,21+,22+,23-,24-,25-/m1/s1. The molecule has 1 aromatic carbocycles. The van der Waals surface area contributed by atoms with E-state index < -0.39 is 24.0 Å². The fraction of sp³-hybridized carbons (Fsp3) is 0.720. The molecule has 4 heterocycles. The Hall–Kier alpha value is -1.51. The van der Waals surface area contributed by atoms with E-state index in [2.05, 4.69) is 13.8 Å². The van der Waals surface area contributed by atoms with Gasteiger partial charge in [-0.2, -0.15) is 0 Å². The topological polar surface area (TPSA) is 72.5 Å². The first kappa shape index (κ1) is 22.3. The SMILES string of the molecule is CC(=O)Oc1ccc([C@H](C)O[C@H]2O[C@@H]3O[C@@]4(C)CC[C@H]5[C@H](C)CC[C@@H]([C@H]2C)[C@@]35OO4)cc1. The van der Waals surface area contributed by atoms with Crippen LogP contribution in [-0.4, -0.2) is 29.9 Å². The summed E-state index contributed by atoms with van der Waals surface area (Å²) in [5.41, 5.74) is 0.406. The number of carbonyl (C=O) groups excluding carboxylic acids is 1. The van der Waals surface area contributed by atoms with Crippen LogP contribution in [0.5, 0.6) is 5.75 Å². The molecule has 0 aromatic heterocycles. The van der Waals surface area contributed by atoms with Crippen molar-refractivity contribution < 1.29 is 33.5 Å². The van der Waals surface area contributed by atoms with Crippen LogP contribution in [0, 0.1) is 23.7 Å². The second kappa shape index (κ2) is 8.06. The third-order valence-corrected chi connectivity index (χ3v) is 8.05. The van der Waals surface area contributed by atoms with Crippen molar-refractivity contribution in [3.63, 3.8) is 0 Å². The van der Waals surface area contributed by atoms with Crippen molar-refractivity contribution in [3.05, 3.63) is 29.8 Å². The molecule has 0 radical (unpaired) electrons. The highest BCUT2D eigenvalue weighted by atomic mass is 17.3. The van der Waals surface area contributed by atoms with Gasteiger partial charge in [0.05, 0.1) is 6.10 Å². The number of hydrogen-bond acceptors (Lipinski definition) is 7. The van der Waals surface area contributed by atoms with E-state index in [0.29, 0.717) is 17.6 Å². The van der Waals surface area contributed by atoms with Gasteiger partial charge in [-0.15, -0.1) is 0 Å². The van der Waals surface area contributed by atoms with Crippen LogP contribution >= 0.6 is 0 Å². The zero-order valence-corrected chi connectivity index (χ0v) is 19.5. The average Bonchev–Trinajstić information content (AvgIpc) is 2.98. The van der Waals surface area contributed by atoms with Crippen LogP contribution in [0.4, 0.5) is 0 Å². The summed E-state index contributed by atoms with van der Waals surface area (Å²) in [5, 5.41) is 0. The third kappa shape index (κ3) is 3.59. The lowest BCUT2D eigenvalue weighted by molar-refractivity contribution is -0.578. The normalized spacial score (nSPS) is 43.8. The van der Waals surface area contributed by atoms with Crippen LogP contribution in [0.1, 0.15) is 72.0 Å². The summed E-state index contributed by atoms with van der Waals surface area (Å²) in [5.74, 6) is 0.620. The number of benzene rings is 1. The molecule has 9 atom stereocenters. The van der Waals surface area contributed by atoms with Gasteiger partial charge in [-0.3, -0.25) is 4.79 Å². The van der Waals surface area contributed by atoms with E-state index in [4.69, 9.17) is 28.7 Å². The highest BCUT2D eigenvalue weighted by molar-refractivity contribution is 5.69. The largest absolute Gasteiger partial charge is 0.427 e. The molecule has 5 fully saturated rings. The first-order valence-corrected chi connectivity index (χ1v) is 11.9. The fourth-order valence-corrected chi connectivity index (χ4v) is 6.28. The monoisotopic (exact) mass is 446 g/mol. The Labute approximate surface area is 189 Å². The summed E-state index contributed by atoms with van der Waals surface area (Å²) >= 11 is 0. The van der Waals surface area contributed by atoms with E-state index in [1.54, 1.807) is 12.1 Å². The predicted octanol–water partition coefficient (Wildman–Crippen LogP) is 4.90. The minimum absolute atomic E-state index is 0.124. The highest BCUT2D eigenvalue weighted by Gasteiger charge is 2.69. The van der Waals surface area contributed by atoms with E-state index in [0.717, 1.165) is 31.2 Å². The Morgan fingerprint density at radius 3 is 2.56 bits per heavy atom. The van der Waals surface area contributed by atoms with E-state index >= 15 is 0 Å². The van der Waals surface area contributed by atoms with Crippen LogP contribution in [-0.2, 0) is 28.8 Å². The molecule has 1 saturated carbocycles. The smallest absolute Gasteiger partial charge is 0.308 e. The predicted molar refractivity (Wildman–Crippen MR) is 114 cm³/mol. The van der Waals surface area contributed by atoms with Crippen LogP contribution in [0.3, 0.4) is 0 Å². The summed E-state index contributed by atoms with van der Waals surface area (Å²) in [7, 11) is 0. The lowest BCUT2D eigenvalue weighted by Gasteiger charge is -2.60. The van der Waals surface area contributed by atoms with E-state index in [-0.39, 0.29) is 23.9 Å². The summed E-state index contributed by atoms with van der Waals surface area (Å²) in [6.07, 6.45) is 2.87. The Bertz CT molecular complexity index is 856. The van der Waals surface area contributed by atoms with Crippen molar-refractivity contribution >= 4 is 5.97 Å². The second-order valence-electron chi connectivity index (χ2n) is 10.2. The number of esters is 1. The van der Waals surface area contributed by atoms with Crippen molar-refractivity contribution in [1.82, 2.24) is 0 Å². The Kier molecular flexibility index (Phi) is 5.62. The molecule has 7 heteroatoms. The quantitative estimate of drug-likeness (QED) is 0.370. The Balaban J connectivity index is 1.37. The molecule has 176 valence electrons. The van der Waals surface area contributed by atoms with Crippen molar-refractivity contribution in [2.24, 2.45) is 23.7 Å². The molecular weight excluding hydrogens is 412 g/mol. The van der Waals surface area contributed by atoms with Crippen LogP contribution in [0.15, 0.2) is 24.3 Å². The van der Waals surface area contributed by atoms with Gasteiger partial charge in [-0.1, -0.05) is 26.0 Å². The minimum atomic E-state index is -0.791. The van der Waals surface area contributed by atoms with Crippen molar-refractivity contribution in [2.45, 2.75) is 90.4 Å². The molecule has 0 N–H and O–H groups in total. The molecule has 0 amide bonds. The number of ether oxygens (including phenoxy) is 4. The lowest BCUT2D eigenvalue weighted by atomic mass is 9.58. The molecule has 2 bridgehead atoms. The fourth-order valence-electron chi connectivity index (χ4n) is 6.28. The maximum Gasteiger partial charge on any atom is 0.308 e. The van der Waals surface area contributed by atoms with Gasteiger partial charge in [0.2, 0.25) is 5.79 Å². The molecule has 5 aliphatic rings. The van der Waals surface area contributed by atoms with Gasteiger partial charge >= 0.3 is 5.97 Å². The zero-order valence-electron chi connectivity index (χ0n) is 19.5. The van der Waals surface area contributed by atoms with Crippen molar-refractivity contribution in [3.8, 4) is 5.75 Å². The van der Waals surface area contributed by atoms with E-state index in [9.17, 15) is 4.79 Å². The maximum atomic E-state index is 11.2. The van der Waals surface area contributed by atoms with Gasteiger partial charge in [0.15, 0.2) is 18.2 Å². The third-order valence-electron chi connectivity index (χ3n) is 8.05. The number of hydrogen-bond donors (Lipinski definition) is 0. The molecule has 1 aliphatic carbocycles. The zero-order chi connectivity index (χ0) is 22.7. The molecule has 1 spiro atoms. The first-order valence-electron chi connectivity index (χ1n) is 11.9. The molecule has 1 aromatic rings. The summed E-state index contributed by atoms with van der Waals surface area (Å²) in [4.78, 5) is 23.2.